The van der Waals surface area contributed by atoms with Gasteiger partial charge >= 0.3 is 5.97 Å². The number of hydrogen-bond acceptors (Lipinski definition) is 4. The molecule has 0 aliphatic rings. The van der Waals surface area contributed by atoms with Crippen LogP contribution < -0.4 is 4.72 Å². The second-order valence-corrected chi connectivity index (χ2v) is 10.0. The fraction of sp³-hybridized carbons (Fsp3) is 0. The minimum absolute atomic E-state index is 0.0271. The monoisotopic (exact) mass is 517 g/mol. The van der Waals surface area contributed by atoms with Crippen molar-refractivity contribution >= 4 is 80.8 Å². The smallest absolute Gasteiger partial charge is 0.336 e. The van der Waals surface area contributed by atoms with Gasteiger partial charge < -0.3 is 5.11 Å². The number of carboxylic acid groups (broad SMARTS) is 1. The molecule has 1 aromatic heterocycles. The quantitative estimate of drug-likeness (QED) is 0.621. The van der Waals surface area contributed by atoms with Crippen LogP contribution >= 0.6 is 59.1 Å². The van der Waals surface area contributed by atoms with Crippen LogP contribution in [0.5, 0.6) is 0 Å². The van der Waals surface area contributed by atoms with Crippen LogP contribution in [0.15, 0.2) is 41.2 Å². The standard InChI is InChI=1S/C11H6Br3NO4S2/c12-7-2-1-5(3-6(7)11(16)17)15-21(18,19)8-4-9(13)20-10(8)14/h1-4,15H,(H,16,17). The van der Waals surface area contributed by atoms with Crippen molar-refractivity contribution in [2.45, 2.75) is 4.90 Å². The Bertz CT molecular complexity index is 817. The summed E-state index contributed by atoms with van der Waals surface area (Å²) in [7, 11) is -3.80. The van der Waals surface area contributed by atoms with E-state index >= 15 is 0 Å². The third-order valence-electron chi connectivity index (χ3n) is 2.36. The summed E-state index contributed by atoms with van der Waals surface area (Å²) in [6.45, 7) is 0. The largest absolute Gasteiger partial charge is 0.478 e. The van der Waals surface area contributed by atoms with E-state index in [1.165, 1.54) is 35.6 Å². The van der Waals surface area contributed by atoms with Gasteiger partial charge in [-0.15, -0.1) is 11.3 Å². The maximum atomic E-state index is 12.3. The van der Waals surface area contributed by atoms with Gasteiger partial charge in [-0.2, -0.15) is 0 Å². The van der Waals surface area contributed by atoms with E-state index in [1.54, 1.807) is 0 Å². The Kier molecular flexibility index (Phi) is 5.14. The second-order valence-electron chi connectivity index (χ2n) is 3.79. The molecule has 0 bridgehead atoms. The van der Waals surface area contributed by atoms with E-state index in [0.29, 0.717) is 12.0 Å². The van der Waals surface area contributed by atoms with E-state index in [1.807, 2.05) is 0 Å². The molecule has 0 saturated heterocycles. The van der Waals surface area contributed by atoms with Gasteiger partial charge in [-0.05, 0) is 72.1 Å². The van der Waals surface area contributed by atoms with Gasteiger partial charge in [-0.1, -0.05) is 0 Å². The fourth-order valence-electron chi connectivity index (χ4n) is 1.47. The lowest BCUT2D eigenvalue weighted by Gasteiger charge is -2.08. The van der Waals surface area contributed by atoms with Crippen LogP contribution in [-0.4, -0.2) is 19.5 Å². The highest BCUT2D eigenvalue weighted by Gasteiger charge is 2.21. The summed E-state index contributed by atoms with van der Waals surface area (Å²) in [5, 5.41) is 9.03. The van der Waals surface area contributed by atoms with E-state index < -0.39 is 16.0 Å². The number of carbonyl (C=O) groups is 1. The number of anilines is 1. The molecule has 2 rings (SSSR count). The van der Waals surface area contributed by atoms with Crippen molar-refractivity contribution in [1.82, 2.24) is 0 Å². The lowest BCUT2D eigenvalue weighted by molar-refractivity contribution is 0.0696. The molecule has 2 N–H and O–H groups in total. The maximum Gasteiger partial charge on any atom is 0.336 e. The summed E-state index contributed by atoms with van der Waals surface area (Å²) in [5.41, 5.74) is 0.144. The molecule has 0 amide bonds. The van der Waals surface area contributed by atoms with Gasteiger partial charge in [0.25, 0.3) is 10.0 Å². The predicted octanol–water partition coefficient (Wildman–Crippen LogP) is 4.53. The van der Waals surface area contributed by atoms with E-state index in [0.717, 1.165) is 0 Å². The molecule has 112 valence electrons. The average Bonchev–Trinajstić information content (AvgIpc) is 2.71. The Morgan fingerprint density at radius 1 is 1.19 bits per heavy atom. The summed E-state index contributed by atoms with van der Waals surface area (Å²) in [5.74, 6) is -1.15. The molecule has 0 aliphatic carbocycles. The van der Waals surface area contributed by atoms with Crippen LogP contribution in [0.2, 0.25) is 0 Å². The first-order valence-electron chi connectivity index (χ1n) is 5.21. The zero-order valence-electron chi connectivity index (χ0n) is 9.93. The van der Waals surface area contributed by atoms with Crippen molar-refractivity contribution in [1.29, 1.82) is 0 Å². The van der Waals surface area contributed by atoms with Crippen molar-refractivity contribution in [2.75, 3.05) is 4.72 Å². The summed E-state index contributed by atoms with van der Waals surface area (Å²) < 4.78 is 28.4. The Morgan fingerprint density at radius 3 is 2.38 bits per heavy atom. The number of aromatic carboxylic acids is 1. The van der Waals surface area contributed by atoms with Crippen molar-refractivity contribution in [3.63, 3.8) is 0 Å². The fourth-order valence-corrected chi connectivity index (χ4v) is 6.75. The van der Waals surface area contributed by atoms with Crippen LogP contribution in [0.1, 0.15) is 10.4 Å². The number of hydrogen-bond donors (Lipinski definition) is 2. The van der Waals surface area contributed by atoms with Gasteiger partial charge in [-0.3, -0.25) is 4.72 Å². The Balaban J connectivity index is 2.40. The third-order valence-corrected chi connectivity index (χ3v) is 7.19. The summed E-state index contributed by atoms with van der Waals surface area (Å²) >= 11 is 10.7. The molecule has 0 fully saturated rings. The zero-order chi connectivity index (χ0) is 15.8. The number of benzene rings is 1. The van der Waals surface area contributed by atoms with E-state index in [4.69, 9.17) is 5.11 Å². The lowest BCUT2D eigenvalue weighted by atomic mass is 10.2. The van der Waals surface area contributed by atoms with Crippen LogP contribution in [0.25, 0.3) is 0 Å². The van der Waals surface area contributed by atoms with Crippen LogP contribution in [0, 0.1) is 0 Å². The van der Waals surface area contributed by atoms with E-state index in [-0.39, 0.29) is 16.1 Å². The number of nitrogens with one attached hydrogen (secondary N) is 1. The molecule has 0 unspecified atom stereocenters. The first kappa shape index (κ1) is 16.9. The van der Waals surface area contributed by atoms with E-state index in [2.05, 4.69) is 52.5 Å². The molecule has 10 heteroatoms. The van der Waals surface area contributed by atoms with Gasteiger partial charge in [0.2, 0.25) is 0 Å². The van der Waals surface area contributed by atoms with Gasteiger partial charge in [0, 0.05) is 10.2 Å². The topological polar surface area (TPSA) is 83.5 Å². The van der Waals surface area contributed by atoms with Gasteiger partial charge in [0.05, 0.1) is 13.1 Å². The minimum atomic E-state index is -3.80. The van der Waals surface area contributed by atoms with E-state index in [9.17, 15) is 13.2 Å². The molecular formula is C11H6Br3NO4S2. The molecule has 1 aromatic carbocycles. The first-order chi connectivity index (χ1) is 9.70. The average molecular weight is 520 g/mol. The molecule has 21 heavy (non-hydrogen) atoms. The van der Waals surface area contributed by atoms with Crippen molar-refractivity contribution in [3.8, 4) is 0 Å². The zero-order valence-corrected chi connectivity index (χ0v) is 16.3. The molecule has 1 heterocycles. The Hall–Kier alpha value is -0.420. The Morgan fingerprint density at radius 2 is 1.86 bits per heavy atom. The number of sulfonamides is 1. The third kappa shape index (κ3) is 3.86. The molecule has 2 aromatic rings. The maximum absolute atomic E-state index is 12.3. The van der Waals surface area contributed by atoms with Gasteiger partial charge in [-0.25, -0.2) is 13.2 Å². The van der Waals surface area contributed by atoms with Crippen molar-refractivity contribution in [3.05, 3.63) is 41.9 Å². The van der Waals surface area contributed by atoms with Crippen LogP contribution in [0.4, 0.5) is 5.69 Å². The number of carboxylic acids is 1. The highest BCUT2D eigenvalue weighted by molar-refractivity contribution is 9.12. The van der Waals surface area contributed by atoms with Crippen molar-refractivity contribution in [2.24, 2.45) is 0 Å². The molecule has 0 radical (unpaired) electrons. The SMILES string of the molecule is O=C(O)c1cc(NS(=O)(=O)c2cc(Br)sc2Br)ccc1Br. The molecular weight excluding hydrogens is 514 g/mol. The highest BCUT2D eigenvalue weighted by atomic mass is 79.9. The molecule has 0 aliphatic heterocycles. The van der Waals surface area contributed by atoms with Gasteiger partial charge in [0.1, 0.15) is 4.90 Å². The number of thiophene rings is 1. The molecule has 0 saturated carbocycles. The normalized spacial score (nSPS) is 11.4. The van der Waals surface area contributed by atoms with Gasteiger partial charge in [0.15, 0.2) is 0 Å². The second kappa shape index (κ2) is 6.37. The number of halogens is 3. The van der Waals surface area contributed by atoms with Crippen molar-refractivity contribution < 1.29 is 18.3 Å². The van der Waals surface area contributed by atoms with Crippen LogP contribution in [-0.2, 0) is 10.0 Å². The van der Waals surface area contributed by atoms with Crippen LogP contribution in [0.3, 0.4) is 0 Å². The summed E-state index contributed by atoms with van der Waals surface area (Å²) in [6.07, 6.45) is 0. The number of rotatable bonds is 4. The summed E-state index contributed by atoms with van der Waals surface area (Å²) in [6, 6.07) is 5.66. The first-order valence-corrected chi connectivity index (χ1v) is 9.89. The molecule has 0 atom stereocenters. The Labute approximate surface area is 149 Å². The molecule has 0 spiro atoms. The minimum Gasteiger partial charge on any atom is -0.478 e. The predicted molar refractivity (Wildman–Crippen MR) is 91.6 cm³/mol. The highest BCUT2D eigenvalue weighted by Crippen LogP contribution is 2.35. The lowest BCUT2D eigenvalue weighted by Crippen LogP contribution is -2.13. The summed E-state index contributed by atoms with van der Waals surface area (Å²) in [4.78, 5) is 11.1. The molecule has 5 nitrogen and oxygen atoms in total.